The van der Waals surface area contributed by atoms with Crippen LogP contribution in [-0.2, 0) is 33.3 Å². The fraction of sp³-hybridized carbons (Fsp3) is 0.0980. The standard InChI is InChI=1S/C51H38Cl3NO10S/c1-61-55-31-45(63-50(57)40-25-19-37(20-26-40)34-13-7-3-8-14-34)48(64-51(58)41-27-21-38(22-28-41)35-15-9-4-10-16-35)46(65-66(59,60)47-30-43(53)42(52)29-44(47)54)32-62-49(56)39-23-17-36(18-24-39)33-11-5-2-6-12-33/h2-31,45-46,48H,32H2,1H3/b55-31+/t45-,46-,48+/m0/s1. The van der Waals surface area contributed by atoms with E-state index in [1.807, 2.05) is 91.0 Å². The van der Waals surface area contributed by atoms with Gasteiger partial charge in [0.05, 0.1) is 38.0 Å². The van der Waals surface area contributed by atoms with Gasteiger partial charge in [-0.25, -0.2) is 14.4 Å². The molecule has 0 unspecified atom stereocenters. The minimum Gasteiger partial charge on any atom is -0.459 e. The Hall–Kier alpha value is -6.80. The van der Waals surface area contributed by atoms with Gasteiger partial charge in [0.15, 0.2) is 18.3 Å². The average Bonchev–Trinajstić information content (AvgIpc) is 3.35. The molecule has 0 aliphatic carbocycles. The fourth-order valence-corrected chi connectivity index (χ4v) is 8.71. The highest BCUT2D eigenvalue weighted by Gasteiger charge is 2.41. The number of halogens is 3. The first-order valence-corrected chi connectivity index (χ1v) is 22.6. The molecule has 0 aliphatic heterocycles. The van der Waals surface area contributed by atoms with Gasteiger partial charge in [0.1, 0.15) is 18.6 Å². The molecule has 0 saturated heterocycles. The molecule has 334 valence electrons. The Bertz CT molecular complexity index is 2920. The lowest BCUT2D eigenvalue weighted by atomic mass is 10.0. The van der Waals surface area contributed by atoms with Crippen LogP contribution in [0.5, 0.6) is 0 Å². The van der Waals surface area contributed by atoms with E-state index in [0.717, 1.165) is 51.7 Å². The van der Waals surface area contributed by atoms with E-state index in [1.54, 1.807) is 36.4 Å². The van der Waals surface area contributed by atoms with Crippen molar-refractivity contribution < 1.29 is 46.0 Å². The minimum atomic E-state index is -5.00. The summed E-state index contributed by atoms with van der Waals surface area (Å²) in [4.78, 5) is 46.2. The molecule has 0 N–H and O–H groups in total. The van der Waals surface area contributed by atoms with Crippen molar-refractivity contribution in [2.45, 2.75) is 23.2 Å². The summed E-state index contributed by atoms with van der Waals surface area (Å²) in [5, 5.41) is 3.22. The molecular formula is C51H38Cl3NO10S. The summed E-state index contributed by atoms with van der Waals surface area (Å²) in [5.41, 5.74) is 5.29. The van der Waals surface area contributed by atoms with E-state index < -0.39 is 57.8 Å². The zero-order valence-electron chi connectivity index (χ0n) is 34.8. The minimum absolute atomic E-state index is 0.0228. The zero-order chi connectivity index (χ0) is 46.6. The van der Waals surface area contributed by atoms with Gasteiger partial charge in [-0.05, 0) is 81.9 Å². The molecule has 3 atom stereocenters. The smallest absolute Gasteiger partial charge is 0.338 e. The van der Waals surface area contributed by atoms with Crippen molar-refractivity contribution >= 4 is 69.0 Å². The topological polar surface area (TPSA) is 144 Å². The van der Waals surface area contributed by atoms with Gasteiger partial charge in [0.2, 0.25) is 0 Å². The molecule has 0 bridgehead atoms. The molecule has 0 radical (unpaired) electrons. The number of hydrogen-bond donors (Lipinski definition) is 0. The maximum atomic E-state index is 14.2. The quantitative estimate of drug-likeness (QED) is 0.0216. The molecule has 7 rings (SSSR count). The molecule has 0 saturated carbocycles. The van der Waals surface area contributed by atoms with E-state index in [2.05, 4.69) is 5.16 Å². The van der Waals surface area contributed by atoms with Gasteiger partial charge in [-0.1, -0.05) is 167 Å². The van der Waals surface area contributed by atoms with Crippen LogP contribution in [0.3, 0.4) is 0 Å². The third-order valence-electron chi connectivity index (χ3n) is 10.0. The summed E-state index contributed by atoms with van der Waals surface area (Å²) in [6.07, 6.45) is -4.68. The molecule has 11 nitrogen and oxygen atoms in total. The Morgan fingerprint density at radius 1 is 0.530 bits per heavy atom. The first-order chi connectivity index (χ1) is 31.9. The normalized spacial score (nSPS) is 12.7. The Morgan fingerprint density at radius 2 is 0.924 bits per heavy atom. The van der Waals surface area contributed by atoms with Gasteiger partial charge < -0.3 is 19.0 Å². The van der Waals surface area contributed by atoms with E-state index in [-0.39, 0.29) is 31.8 Å². The largest absolute Gasteiger partial charge is 0.459 e. The van der Waals surface area contributed by atoms with Crippen molar-refractivity contribution in [1.82, 2.24) is 0 Å². The number of benzene rings is 7. The molecule has 0 aliphatic rings. The highest BCUT2D eigenvalue weighted by molar-refractivity contribution is 7.87. The van der Waals surface area contributed by atoms with Crippen LogP contribution in [0.2, 0.25) is 15.1 Å². The number of oxime groups is 1. The number of carbonyl (C=O) groups is 3. The van der Waals surface area contributed by atoms with Crippen LogP contribution in [0.15, 0.2) is 186 Å². The number of hydrogen-bond acceptors (Lipinski definition) is 11. The monoisotopic (exact) mass is 961 g/mol. The van der Waals surface area contributed by atoms with Crippen molar-refractivity contribution in [3.63, 3.8) is 0 Å². The van der Waals surface area contributed by atoms with E-state index in [9.17, 15) is 22.8 Å². The number of carbonyl (C=O) groups excluding carboxylic acids is 3. The van der Waals surface area contributed by atoms with E-state index in [4.69, 9.17) is 58.0 Å². The van der Waals surface area contributed by atoms with Crippen LogP contribution < -0.4 is 0 Å². The number of nitrogens with zero attached hydrogens (tertiary/aromatic N) is 1. The summed E-state index contributed by atoms with van der Waals surface area (Å²) in [6.45, 7) is -0.900. The predicted molar refractivity (Wildman–Crippen MR) is 253 cm³/mol. The maximum absolute atomic E-state index is 14.2. The Balaban J connectivity index is 1.26. The average molecular weight is 963 g/mol. The lowest BCUT2D eigenvalue weighted by Gasteiger charge is -2.30. The van der Waals surface area contributed by atoms with Gasteiger partial charge in [-0.15, -0.1) is 0 Å². The molecule has 15 heteroatoms. The van der Waals surface area contributed by atoms with Crippen molar-refractivity contribution in [2.24, 2.45) is 5.16 Å². The van der Waals surface area contributed by atoms with E-state index in [0.29, 0.717) is 0 Å². The second-order valence-electron chi connectivity index (χ2n) is 14.4. The lowest BCUT2D eigenvalue weighted by Crippen LogP contribution is -2.48. The lowest BCUT2D eigenvalue weighted by molar-refractivity contribution is -0.0685. The van der Waals surface area contributed by atoms with Crippen LogP contribution in [-0.4, -0.2) is 64.6 Å². The van der Waals surface area contributed by atoms with Crippen molar-refractivity contribution in [1.29, 1.82) is 0 Å². The molecule has 0 heterocycles. The summed E-state index contributed by atoms with van der Waals surface area (Å²) in [7, 11) is -3.79. The highest BCUT2D eigenvalue weighted by Crippen LogP contribution is 2.34. The number of esters is 3. The van der Waals surface area contributed by atoms with Crippen molar-refractivity contribution in [2.75, 3.05) is 13.7 Å². The molecule has 0 spiro atoms. The van der Waals surface area contributed by atoms with E-state index in [1.165, 1.54) is 43.5 Å². The summed E-state index contributed by atoms with van der Waals surface area (Å²) >= 11 is 18.7. The van der Waals surface area contributed by atoms with Gasteiger partial charge >= 0.3 is 17.9 Å². The van der Waals surface area contributed by atoms with Gasteiger partial charge in [-0.2, -0.15) is 8.42 Å². The van der Waals surface area contributed by atoms with Crippen LogP contribution in [0.25, 0.3) is 33.4 Å². The predicted octanol–water partition coefficient (Wildman–Crippen LogP) is 11.7. The zero-order valence-corrected chi connectivity index (χ0v) is 37.9. The van der Waals surface area contributed by atoms with Gasteiger partial charge in [0.25, 0.3) is 10.1 Å². The van der Waals surface area contributed by atoms with Crippen molar-refractivity contribution in [3.8, 4) is 33.4 Å². The molecule has 7 aromatic carbocycles. The van der Waals surface area contributed by atoms with Gasteiger partial charge in [-0.3, -0.25) is 4.18 Å². The van der Waals surface area contributed by atoms with Crippen LogP contribution in [0.4, 0.5) is 0 Å². The molecule has 0 fully saturated rings. The first kappa shape index (κ1) is 47.2. The summed E-state index contributed by atoms with van der Waals surface area (Å²) < 4.78 is 51.9. The fourth-order valence-electron chi connectivity index (χ4n) is 6.66. The number of rotatable bonds is 17. The Kier molecular flexibility index (Phi) is 15.7. The highest BCUT2D eigenvalue weighted by atomic mass is 35.5. The third-order valence-corrected chi connectivity index (χ3v) is 12.6. The SMILES string of the molecule is CO/N=C/[C@H](OC(=O)c1ccc(-c2ccccc2)cc1)[C@@H](OC(=O)c1ccc(-c2ccccc2)cc1)[C@H](COC(=O)c1ccc(-c2ccccc2)cc1)OS(=O)(=O)c1cc(Cl)c(Cl)cc1Cl. The first-order valence-electron chi connectivity index (χ1n) is 20.1. The Morgan fingerprint density at radius 3 is 1.36 bits per heavy atom. The molecule has 0 amide bonds. The Labute approximate surface area is 396 Å². The second-order valence-corrected chi connectivity index (χ2v) is 17.2. The molecule has 66 heavy (non-hydrogen) atoms. The molecule has 0 aromatic heterocycles. The van der Waals surface area contributed by atoms with Crippen LogP contribution in [0, 0.1) is 0 Å². The van der Waals surface area contributed by atoms with Gasteiger partial charge in [0, 0.05) is 0 Å². The second kappa shape index (κ2) is 21.9. The van der Waals surface area contributed by atoms with E-state index >= 15 is 0 Å². The van der Waals surface area contributed by atoms with Crippen molar-refractivity contribution in [3.05, 3.63) is 208 Å². The van der Waals surface area contributed by atoms with Crippen LogP contribution >= 0.6 is 34.8 Å². The summed E-state index contributed by atoms with van der Waals surface area (Å²) in [5.74, 6) is -2.83. The number of ether oxygens (including phenoxy) is 3. The molecule has 7 aromatic rings. The maximum Gasteiger partial charge on any atom is 0.338 e. The summed E-state index contributed by atoms with van der Waals surface area (Å²) in [6, 6.07) is 49.7. The molecular weight excluding hydrogens is 925 g/mol. The third kappa shape index (κ3) is 11.9. The van der Waals surface area contributed by atoms with Crippen LogP contribution in [0.1, 0.15) is 31.1 Å².